The van der Waals surface area contributed by atoms with Crippen molar-refractivity contribution in [1.29, 1.82) is 0 Å². The SMILES string of the molecule is CN(C)/C(=C(/N(C)C)[P+](c1ccccc1)(c1ccccc1)c1ccccc1)[n+]1ccc(N(C)C)cc1. The fraction of sp³-hybridized carbons (Fsp3) is 0.194. The van der Waals surface area contributed by atoms with E-state index in [1.165, 1.54) is 27.0 Å². The van der Waals surface area contributed by atoms with Gasteiger partial charge in [0.25, 0.3) is 5.44 Å². The molecule has 5 heteroatoms. The Balaban J connectivity index is 2.19. The van der Waals surface area contributed by atoms with Crippen LogP contribution in [-0.2, 0) is 0 Å². The van der Waals surface area contributed by atoms with Crippen LogP contribution in [0.5, 0.6) is 0 Å². The van der Waals surface area contributed by atoms with Crippen LogP contribution < -0.4 is 25.4 Å². The first-order valence-corrected chi connectivity index (χ1v) is 14.0. The number of benzene rings is 3. The van der Waals surface area contributed by atoms with E-state index in [9.17, 15) is 0 Å². The number of aromatic nitrogens is 1. The van der Waals surface area contributed by atoms with E-state index in [1.807, 2.05) is 0 Å². The summed E-state index contributed by atoms with van der Waals surface area (Å²) in [5, 5.41) is 3.99. The van der Waals surface area contributed by atoms with Gasteiger partial charge in [-0.2, -0.15) is 0 Å². The van der Waals surface area contributed by atoms with Gasteiger partial charge in [0.1, 0.15) is 15.9 Å². The fourth-order valence-electron chi connectivity index (χ4n) is 4.82. The van der Waals surface area contributed by atoms with E-state index in [0.29, 0.717) is 0 Å². The molecule has 4 nitrogen and oxygen atoms in total. The van der Waals surface area contributed by atoms with Crippen LogP contribution in [0.2, 0.25) is 0 Å². The highest BCUT2D eigenvalue weighted by molar-refractivity contribution is 7.99. The van der Waals surface area contributed by atoms with E-state index in [0.717, 1.165) is 5.82 Å². The zero-order chi connectivity index (χ0) is 25.7. The Labute approximate surface area is 217 Å². The number of nitrogens with zero attached hydrogens (tertiary/aromatic N) is 4. The molecule has 0 saturated heterocycles. The molecule has 0 fully saturated rings. The average molecular weight is 497 g/mol. The summed E-state index contributed by atoms with van der Waals surface area (Å²) in [6, 6.07) is 37.4. The molecule has 0 aliphatic rings. The van der Waals surface area contributed by atoms with Crippen LogP contribution in [0.1, 0.15) is 0 Å². The lowest BCUT2D eigenvalue weighted by molar-refractivity contribution is -0.592. The molecule has 0 radical (unpaired) electrons. The molecule has 4 rings (SSSR count). The third-order valence-corrected chi connectivity index (χ3v) is 10.8. The van der Waals surface area contributed by atoms with Gasteiger partial charge in [-0.3, -0.25) is 4.90 Å². The quantitative estimate of drug-likeness (QED) is 0.268. The van der Waals surface area contributed by atoms with E-state index in [1.54, 1.807) is 0 Å². The van der Waals surface area contributed by atoms with E-state index < -0.39 is 7.26 Å². The second kappa shape index (κ2) is 11.0. The van der Waals surface area contributed by atoms with Crippen LogP contribution in [0.3, 0.4) is 0 Å². The van der Waals surface area contributed by atoms with Crippen molar-refractivity contribution in [2.24, 2.45) is 0 Å². The minimum absolute atomic E-state index is 1.15. The lowest BCUT2D eigenvalue weighted by Crippen LogP contribution is -2.45. The monoisotopic (exact) mass is 496 g/mol. The van der Waals surface area contributed by atoms with Crippen molar-refractivity contribution in [2.45, 2.75) is 0 Å². The molecule has 0 unspecified atom stereocenters. The Bertz CT molecular complexity index is 1190. The molecule has 184 valence electrons. The number of pyridine rings is 1. The standard InChI is InChI=1S/C31H37N4P/c1-32(2)26-22-24-35(25-23-26)30(33(3)4)31(34(5)6)36(27-16-10-7-11-17-27,28-18-12-8-13-19-28)29-20-14-9-15-21-29/h7-25H,1-6H3/q+2/b31-30+. The van der Waals surface area contributed by atoms with E-state index in [2.05, 4.69) is 177 Å². The molecule has 3 aromatic carbocycles. The summed E-state index contributed by atoms with van der Waals surface area (Å²) in [5.41, 5.74) is 2.46. The minimum Gasteiger partial charge on any atom is -0.377 e. The third-order valence-electron chi connectivity index (χ3n) is 6.37. The molecule has 0 bridgehead atoms. The van der Waals surface area contributed by atoms with Gasteiger partial charge in [-0.25, -0.2) is 4.57 Å². The Morgan fingerprint density at radius 2 is 0.917 bits per heavy atom. The van der Waals surface area contributed by atoms with Crippen molar-refractivity contribution >= 4 is 34.7 Å². The maximum absolute atomic E-state index is 2.32. The second-order valence-electron chi connectivity index (χ2n) is 9.47. The van der Waals surface area contributed by atoms with Gasteiger partial charge in [0.2, 0.25) is 0 Å². The molecular weight excluding hydrogens is 459 g/mol. The average Bonchev–Trinajstić information content (AvgIpc) is 2.90. The van der Waals surface area contributed by atoms with Crippen molar-refractivity contribution in [3.05, 3.63) is 121 Å². The number of hydrogen-bond acceptors (Lipinski definition) is 3. The number of anilines is 1. The summed E-state index contributed by atoms with van der Waals surface area (Å²) in [6.45, 7) is 0. The van der Waals surface area contributed by atoms with Gasteiger partial charge >= 0.3 is 5.82 Å². The molecule has 36 heavy (non-hydrogen) atoms. The minimum atomic E-state index is -2.29. The molecule has 1 aromatic heterocycles. The van der Waals surface area contributed by atoms with Crippen LogP contribution in [-0.4, -0.2) is 52.1 Å². The maximum atomic E-state index is 2.32. The summed E-state index contributed by atoms with van der Waals surface area (Å²) < 4.78 is 2.26. The normalized spacial score (nSPS) is 12.1. The van der Waals surface area contributed by atoms with Gasteiger partial charge in [-0.05, 0) is 36.4 Å². The number of hydrogen-bond donors (Lipinski definition) is 0. The van der Waals surface area contributed by atoms with Crippen LogP contribution in [0.15, 0.2) is 121 Å². The molecule has 0 saturated carbocycles. The van der Waals surface area contributed by atoms with E-state index in [-0.39, 0.29) is 0 Å². The van der Waals surface area contributed by atoms with E-state index >= 15 is 0 Å². The van der Waals surface area contributed by atoms with Crippen molar-refractivity contribution in [3.63, 3.8) is 0 Å². The lowest BCUT2D eigenvalue weighted by atomic mass is 10.3. The summed E-state index contributed by atoms with van der Waals surface area (Å²) in [7, 11) is 10.5. The smallest absolute Gasteiger partial charge is 0.343 e. The van der Waals surface area contributed by atoms with Crippen molar-refractivity contribution in [2.75, 3.05) is 47.2 Å². The third kappa shape index (κ3) is 4.74. The summed E-state index contributed by atoms with van der Waals surface area (Å²) in [4.78, 5) is 6.70. The highest BCUT2D eigenvalue weighted by Crippen LogP contribution is 2.64. The van der Waals surface area contributed by atoms with Gasteiger partial charge in [0.05, 0.1) is 26.5 Å². The van der Waals surface area contributed by atoms with Crippen LogP contribution >= 0.6 is 7.26 Å². The Morgan fingerprint density at radius 3 is 1.22 bits per heavy atom. The molecule has 0 N–H and O–H groups in total. The Morgan fingerprint density at radius 1 is 0.528 bits per heavy atom. The maximum Gasteiger partial charge on any atom is 0.343 e. The largest absolute Gasteiger partial charge is 0.377 e. The highest BCUT2D eigenvalue weighted by atomic mass is 31.2. The second-order valence-corrected chi connectivity index (χ2v) is 12.8. The number of rotatable bonds is 8. The molecule has 1 heterocycles. The summed E-state index contributed by atoms with van der Waals surface area (Å²) in [6.07, 6.45) is 4.34. The fourth-order valence-corrected chi connectivity index (χ4v) is 9.52. The zero-order valence-electron chi connectivity index (χ0n) is 22.2. The molecule has 0 aliphatic carbocycles. The highest BCUT2D eigenvalue weighted by Gasteiger charge is 2.55. The topological polar surface area (TPSA) is 13.6 Å². The predicted molar refractivity (Wildman–Crippen MR) is 157 cm³/mol. The van der Waals surface area contributed by atoms with Crippen LogP contribution in [0, 0.1) is 0 Å². The van der Waals surface area contributed by atoms with Gasteiger partial charge < -0.3 is 9.80 Å². The van der Waals surface area contributed by atoms with Crippen molar-refractivity contribution in [1.82, 2.24) is 9.80 Å². The predicted octanol–water partition coefficient (Wildman–Crippen LogP) is 4.24. The van der Waals surface area contributed by atoms with Gasteiger partial charge in [0.15, 0.2) is 7.26 Å². The first-order valence-electron chi connectivity index (χ1n) is 12.2. The molecular formula is C31H37N4P+2. The molecule has 0 spiro atoms. The molecule has 0 amide bonds. The lowest BCUT2D eigenvalue weighted by Gasteiger charge is -2.33. The molecule has 0 atom stereocenters. The Hall–Kier alpha value is -3.62. The van der Waals surface area contributed by atoms with Crippen LogP contribution in [0.4, 0.5) is 5.69 Å². The first kappa shape index (κ1) is 25.5. The van der Waals surface area contributed by atoms with Gasteiger partial charge in [-0.1, -0.05) is 54.6 Å². The first-order chi connectivity index (χ1) is 17.4. The van der Waals surface area contributed by atoms with Crippen LogP contribution in [0.25, 0.3) is 5.82 Å². The van der Waals surface area contributed by atoms with Crippen molar-refractivity contribution in [3.8, 4) is 0 Å². The zero-order valence-corrected chi connectivity index (χ0v) is 23.1. The molecule has 4 aromatic rings. The Kier molecular flexibility index (Phi) is 7.76. The van der Waals surface area contributed by atoms with Crippen molar-refractivity contribution < 1.29 is 4.57 Å². The van der Waals surface area contributed by atoms with E-state index in [4.69, 9.17) is 0 Å². The molecule has 0 aliphatic heterocycles. The van der Waals surface area contributed by atoms with Gasteiger partial charge in [-0.15, -0.1) is 0 Å². The van der Waals surface area contributed by atoms with Gasteiger partial charge in [0, 0.05) is 46.0 Å². The summed E-state index contributed by atoms with van der Waals surface area (Å²) in [5.74, 6) is 1.15. The summed E-state index contributed by atoms with van der Waals surface area (Å²) >= 11 is 0.